The van der Waals surface area contributed by atoms with Gasteiger partial charge in [0, 0.05) is 24.2 Å². The molecule has 2 aromatic rings. The number of fused-ring (bicyclic) bond motifs is 1. The van der Waals surface area contributed by atoms with Crippen LogP contribution in [0, 0.1) is 5.92 Å². The van der Waals surface area contributed by atoms with Crippen molar-refractivity contribution in [2.75, 3.05) is 16.3 Å². The summed E-state index contributed by atoms with van der Waals surface area (Å²) in [5.41, 5.74) is 3.59. The van der Waals surface area contributed by atoms with Gasteiger partial charge < -0.3 is 9.64 Å². The maximum atomic E-state index is 13.1. The van der Waals surface area contributed by atoms with E-state index >= 15 is 0 Å². The third-order valence-electron chi connectivity index (χ3n) is 6.97. The molecule has 31 heavy (non-hydrogen) atoms. The number of aromatic nitrogens is 2. The van der Waals surface area contributed by atoms with Crippen molar-refractivity contribution in [1.82, 2.24) is 9.78 Å². The number of benzene rings is 1. The summed E-state index contributed by atoms with van der Waals surface area (Å²) >= 11 is 0. The van der Waals surface area contributed by atoms with Crippen LogP contribution in [0.2, 0.25) is 0 Å². The number of amides is 2. The van der Waals surface area contributed by atoms with Crippen LogP contribution in [0.4, 0.5) is 16.2 Å². The number of rotatable bonds is 4. The molecule has 2 heterocycles. The lowest BCUT2D eigenvalue weighted by molar-refractivity contribution is -0.120. The Bertz CT molecular complexity index is 1040. The summed E-state index contributed by atoms with van der Waals surface area (Å²) in [5.74, 6) is 0.301. The molecule has 1 atom stereocenters. The van der Waals surface area contributed by atoms with Gasteiger partial charge in [0.25, 0.3) is 0 Å². The standard InChI is InChI=1S/C24H28N4O3/c1-15-13-26(24(30)31-20-3-2-4-20)22-11-17(18-12-25-27(14-18)19-8-9-19)7-10-21(22)28(15)23(29)16-5-6-16/h7,10-12,14-16,19-20H,2-6,8-9,13H2,1H3/t15-/m0/s1. The Morgan fingerprint density at radius 2 is 1.84 bits per heavy atom. The van der Waals surface area contributed by atoms with Gasteiger partial charge in [0.1, 0.15) is 6.10 Å². The van der Waals surface area contributed by atoms with Crippen LogP contribution in [0.25, 0.3) is 11.1 Å². The molecule has 3 saturated carbocycles. The van der Waals surface area contributed by atoms with Crippen LogP contribution >= 0.6 is 0 Å². The molecule has 7 nitrogen and oxygen atoms in total. The van der Waals surface area contributed by atoms with Crippen LogP contribution in [0.3, 0.4) is 0 Å². The van der Waals surface area contributed by atoms with Gasteiger partial charge in [-0.05, 0) is 69.6 Å². The number of carbonyl (C=O) groups excluding carboxylic acids is 2. The lowest BCUT2D eigenvalue weighted by Gasteiger charge is -2.41. The van der Waals surface area contributed by atoms with Crippen LogP contribution in [0.1, 0.15) is 57.9 Å². The van der Waals surface area contributed by atoms with E-state index in [1.807, 2.05) is 40.9 Å². The summed E-state index contributed by atoms with van der Waals surface area (Å²) in [6.07, 6.45) is 11.0. The molecule has 0 spiro atoms. The van der Waals surface area contributed by atoms with Crippen LogP contribution in [0.5, 0.6) is 0 Å². The second-order valence-electron chi connectivity index (χ2n) is 9.52. The van der Waals surface area contributed by atoms with Gasteiger partial charge in [-0.3, -0.25) is 14.4 Å². The summed E-state index contributed by atoms with van der Waals surface area (Å²) in [6.45, 7) is 2.46. The smallest absolute Gasteiger partial charge is 0.414 e. The predicted molar refractivity (Wildman–Crippen MR) is 117 cm³/mol. The van der Waals surface area contributed by atoms with Crippen molar-refractivity contribution in [3.05, 3.63) is 30.6 Å². The quantitative estimate of drug-likeness (QED) is 0.729. The van der Waals surface area contributed by atoms with Crippen LogP contribution in [0.15, 0.2) is 30.6 Å². The normalized spacial score (nSPS) is 23.3. The average molecular weight is 421 g/mol. The van der Waals surface area contributed by atoms with E-state index in [-0.39, 0.29) is 30.1 Å². The van der Waals surface area contributed by atoms with Gasteiger partial charge in [-0.25, -0.2) is 4.79 Å². The van der Waals surface area contributed by atoms with E-state index < -0.39 is 0 Å². The minimum absolute atomic E-state index is 0.0253. The SMILES string of the molecule is C[C@H]1CN(C(=O)OC2CCC2)c2cc(-c3cnn(C4CC4)c3)ccc2N1C(=O)C1CC1. The molecule has 6 rings (SSSR count). The molecule has 0 bridgehead atoms. The third kappa shape index (κ3) is 3.40. The Morgan fingerprint density at radius 3 is 2.52 bits per heavy atom. The van der Waals surface area contributed by atoms with Crippen molar-refractivity contribution in [2.45, 2.75) is 70.1 Å². The zero-order chi connectivity index (χ0) is 21.1. The summed E-state index contributed by atoms with van der Waals surface area (Å²) in [4.78, 5) is 29.8. The van der Waals surface area contributed by atoms with Crippen molar-refractivity contribution in [3.8, 4) is 11.1 Å². The molecule has 0 saturated heterocycles. The van der Waals surface area contributed by atoms with Gasteiger partial charge in [0.2, 0.25) is 5.91 Å². The fourth-order valence-electron chi connectivity index (χ4n) is 4.56. The molecular formula is C24H28N4O3. The molecule has 1 aromatic heterocycles. The van der Waals surface area contributed by atoms with E-state index in [2.05, 4.69) is 11.3 Å². The van der Waals surface area contributed by atoms with Crippen molar-refractivity contribution >= 4 is 23.4 Å². The highest BCUT2D eigenvalue weighted by molar-refractivity contribution is 6.05. The largest absolute Gasteiger partial charge is 0.446 e. The summed E-state index contributed by atoms with van der Waals surface area (Å²) in [6, 6.07) is 6.47. The first-order chi connectivity index (χ1) is 15.1. The fraction of sp³-hybridized carbons (Fsp3) is 0.542. The van der Waals surface area contributed by atoms with E-state index in [0.29, 0.717) is 12.6 Å². The molecule has 3 aliphatic carbocycles. The molecule has 1 aliphatic heterocycles. The highest BCUT2D eigenvalue weighted by Gasteiger charge is 2.42. The van der Waals surface area contributed by atoms with Gasteiger partial charge in [0.05, 0.1) is 29.7 Å². The van der Waals surface area contributed by atoms with E-state index in [9.17, 15) is 9.59 Å². The Balaban J connectivity index is 1.37. The number of hydrogen-bond acceptors (Lipinski definition) is 4. The van der Waals surface area contributed by atoms with Gasteiger partial charge in [-0.2, -0.15) is 5.10 Å². The van der Waals surface area contributed by atoms with Crippen molar-refractivity contribution in [1.29, 1.82) is 0 Å². The molecule has 1 aromatic carbocycles. The Morgan fingerprint density at radius 1 is 1.03 bits per heavy atom. The van der Waals surface area contributed by atoms with Crippen molar-refractivity contribution in [3.63, 3.8) is 0 Å². The van der Waals surface area contributed by atoms with E-state index in [1.165, 1.54) is 12.8 Å². The minimum Gasteiger partial charge on any atom is -0.446 e. The summed E-state index contributed by atoms with van der Waals surface area (Å²) in [5, 5.41) is 4.51. The highest BCUT2D eigenvalue weighted by Crippen LogP contribution is 2.43. The molecular weight excluding hydrogens is 392 g/mol. The number of anilines is 2. The van der Waals surface area contributed by atoms with E-state index in [0.717, 1.165) is 54.6 Å². The molecule has 162 valence electrons. The molecule has 0 N–H and O–H groups in total. The molecule has 4 aliphatic rings. The summed E-state index contributed by atoms with van der Waals surface area (Å²) < 4.78 is 7.77. The van der Waals surface area contributed by atoms with Crippen molar-refractivity contribution in [2.24, 2.45) is 5.92 Å². The molecule has 3 fully saturated rings. The molecule has 0 radical (unpaired) electrons. The molecule has 0 unspecified atom stereocenters. The zero-order valence-electron chi connectivity index (χ0n) is 17.9. The number of carbonyl (C=O) groups is 2. The Labute approximate surface area is 182 Å². The lowest BCUT2D eigenvalue weighted by atomic mass is 9.96. The number of ether oxygens (including phenoxy) is 1. The highest BCUT2D eigenvalue weighted by atomic mass is 16.6. The Hall–Kier alpha value is -2.83. The summed E-state index contributed by atoms with van der Waals surface area (Å²) in [7, 11) is 0. The third-order valence-corrected chi connectivity index (χ3v) is 6.97. The van der Waals surface area contributed by atoms with Gasteiger partial charge in [-0.1, -0.05) is 6.07 Å². The number of hydrogen-bond donors (Lipinski definition) is 0. The van der Waals surface area contributed by atoms with Crippen LogP contribution in [-0.2, 0) is 9.53 Å². The first-order valence-corrected chi connectivity index (χ1v) is 11.6. The molecule has 2 amide bonds. The lowest BCUT2D eigenvalue weighted by Crippen LogP contribution is -2.53. The maximum absolute atomic E-state index is 13.1. The van der Waals surface area contributed by atoms with E-state index in [4.69, 9.17) is 4.74 Å². The molecule has 7 heteroatoms. The average Bonchev–Trinajstić information content (AvgIpc) is 3.67. The van der Waals surface area contributed by atoms with Gasteiger partial charge >= 0.3 is 6.09 Å². The van der Waals surface area contributed by atoms with E-state index in [1.54, 1.807) is 4.90 Å². The Kier molecular flexibility index (Phi) is 4.33. The van der Waals surface area contributed by atoms with Gasteiger partial charge in [-0.15, -0.1) is 0 Å². The van der Waals surface area contributed by atoms with Crippen LogP contribution < -0.4 is 9.80 Å². The van der Waals surface area contributed by atoms with Gasteiger partial charge in [0.15, 0.2) is 0 Å². The minimum atomic E-state index is -0.304. The second-order valence-corrected chi connectivity index (χ2v) is 9.52. The second kappa shape index (κ2) is 7.11. The monoisotopic (exact) mass is 420 g/mol. The fourth-order valence-corrected chi connectivity index (χ4v) is 4.56. The first kappa shape index (κ1) is 18.9. The predicted octanol–water partition coefficient (Wildman–Crippen LogP) is 4.53. The first-order valence-electron chi connectivity index (χ1n) is 11.6. The van der Waals surface area contributed by atoms with Crippen LogP contribution in [-0.4, -0.2) is 40.5 Å². The maximum Gasteiger partial charge on any atom is 0.414 e. The topological polar surface area (TPSA) is 67.7 Å². The number of nitrogens with zero attached hydrogens (tertiary/aromatic N) is 4. The van der Waals surface area contributed by atoms with Crippen molar-refractivity contribution < 1.29 is 14.3 Å². The zero-order valence-corrected chi connectivity index (χ0v) is 17.9.